The summed E-state index contributed by atoms with van der Waals surface area (Å²) in [5.74, 6) is -0.123. The largest absolute Gasteiger partial charge is 0.325 e. The summed E-state index contributed by atoms with van der Waals surface area (Å²) in [6.45, 7) is 10.2. The highest BCUT2D eigenvalue weighted by atomic mass is 16.2. The SMILES string of the molecule is CCCC(C)(C)CN1C(=O)NC(C)(C)C1=O. The highest BCUT2D eigenvalue weighted by Gasteiger charge is 2.45. The molecule has 1 N–H and O–H groups in total. The molecule has 1 saturated heterocycles. The third kappa shape index (κ3) is 2.54. The lowest BCUT2D eigenvalue weighted by atomic mass is 9.87. The molecule has 0 spiro atoms. The maximum atomic E-state index is 12.0. The zero-order valence-corrected chi connectivity index (χ0v) is 10.9. The van der Waals surface area contributed by atoms with Gasteiger partial charge < -0.3 is 5.32 Å². The first-order chi connectivity index (χ1) is 7.19. The van der Waals surface area contributed by atoms with E-state index in [0.717, 1.165) is 12.8 Å². The molecule has 1 aliphatic rings. The molecule has 0 bridgehead atoms. The molecule has 16 heavy (non-hydrogen) atoms. The Morgan fingerprint density at radius 1 is 1.31 bits per heavy atom. The van der Waals surface area contributed by atoms with Crippen LogP contribution in [0.15, 0.2) is 0 Å². The molecule has 4 nitrogen and oxygen atoms in total. The van der Waals surface area contributed by atoms with Crippen LogP contribution in [0.25, 0.3) is 0 Å². The van der Waals surface area contributed by atoms with E-state index >= 15 is 0 Å². The summed E-state index contributed by atoms with van der Waals surface area (Å²) in [6, 6.07) is -0.265. The van der Waals surface area contributed by atoms with Gasteiger partial charge in [0, 0.05) is 6.54 Å². The van der Waals surface area contributed by atoms with Crippen LogP contribution in [0.1, 0.15) is 47.5 Å². The van der Waals surface area contributed by atoms with Gasteiger partial charge in [0.2, 0.25) is 0 Å². The van der Waals surface area contributed by atoms with Crippen molar-refractivity contribution >= 4 is 11.9 Å². The monoisotopic (exact) mass is 226 g/mol. The summed E-state index contributed by atoms with van der Waals surface area (Å²) < 4.78 is 0. The zero-order chi connectivity index (χ0) is 12.6. The van der Waals surface area contributed by atoms with Crippen molar-refractivity contribution in [3.8, 4) is 0 Å². The Balaban J connectivity index is 2.76. The average molecular weight is 226 g/mol. The first-order valence-electron chi connectivity index (χ1n) is 5.84. The van der Waals surface area contributed by atoms with E-state index in [2.05, 4.69) is 26.1 Å². The molecule has 0 aliphatic carbocycles. The van der Waals surface area contributed by atoms with Gasteiger partial charge in [0.1, 0.15) is 5.54 Å². The van der Waals surface area contributed by atoms with Crippen LogP contribution in [-0.2, 0) is 4.79 Å². The van der Waals surface area contributed by atoms with Crippen molar-refractivity contribution in [1.29, 1.82) is 0 Å². The Kier molecular flexibility index (Phi) is 3.31. The van der Waals surface area contributed by atoms with Gasteiger partial charge in [-0.25, -0.2) is 4.79 Å². The molecule has 0 unspecified atom stereocenters. The number of urea groups is 1. The number of carbonyl (C=O) groups is 2. The third-order valence-corrected chi connectivity index (χ3v) is 2.96. The molecule has 92 valence electrons. The molecule has 0 aromatic rings. The lowest BCUT2D eigenvalue weighted by Gasteiger charge is -2.28. The van der Waals surface area contributed by atoms with E-state index < -0.39 is 5.54 Å². The molecule has 0 atom stereocenters. The number of imide groups is 1. The van der Waals surface area contributed by atoms with Crippen LogP contribution >= 0.6 is 0 Å². The van der Waals surface area contributed by atoms with Crippen molar-refractivity contribution in [3.05, 3.63) is 0 Å². The topological polar surface area (TPSA) is 49.4 Å². The van der Waals surface area contributed by atoms with E-state index in [9.17, 15) is 9.59 Å². The van der Waals surface area contributed by atoms with Crippen LogP contribution in [0.2, 0.25) is 0 Å². The maximum Gasteiger partial charge on any atom is 0.325 e. The highest BCUT2D eigenvalue weighted by molar-refractivity contribution is 6.06. The fourth-order valence-corrected chi connectivity index (χ4v) is 2.15. The minimum atomic E-state index is -0.751. The van der Waals surface area contributed by atoms with E-state index in [1.165, 1.54) is 4.90 Å². The summed E-state index contributed by atoms with van der Waals surface area (Å²) in [4.78, 5) is 25.0. The maximum absolute atomic E-state index is 12.0. The second-order valence-corrected chi connectivity index (χ2v) is 5.86. The van der Waals surface area contributed by atoms with Crippen LogP contribution in [0.3, 0.4) is 0 Å². The van der Waals surface area contributed by atoms with Gasteiger partial charge in [-0.1, -0.05) is 27.2 Å². The van der Waals surface area contributed by atoms with Crippen molar-refractivity contribution in [1.82, 2.24) is 10.2 Å². The number of hydrogen-bond donors (Lipinski definition) is 1. The Morgan fingerprint density at radius 3 is 2.25 bits per heavy atom. The van der Waals surface area contributed by atoms with Crippen LogP contribution in [0, 0.1) is 5.41 Å². The Morgan fingerprint density at radius 2 is 1.88 bits per heavy atom. The van der Waals surface area contributed by atoms with Gasteiger partial charge in [-0.05, 0) is 25.7 Å². The molecule has 0 saturated carbocycles. The second kappa shape index (κ2) is 4.07. The Labute approximate surface area is 97.4 Å². The highest BCUT2D eigenvalue weighted by Crippen LogP contribution is 2.27. The summed E-state index contributed by atoms with van der Waals surface area (Å²) in [5.41, 5.74) is -0.762. The molecule has 4 heteroatoms. The van der Waals surface area contributed by atoms with Crippen molar-refractivity contribution in [2.45, 2.75) is 53.0 Å². The van der Waals surface area contributed by atoms with Crippen molar-refractivity contribution in [2.75, 3.05) is 6.54 Å². The van der Waals surface area contributed by atoms with Gasteiger partial charge in [-0.15, -0.1) is 0 Å². The van der Waals surface area contributed by atoms with Crippen molar-refractivity contribution in [2.24, 2.45) is 5.41 Å². The van der Waals surface area contributed by atoms with E-state index in [1.54, 1.807) is 13.8 Å². The standard InChI is InChI=1S/C12H22N2O2/c1-6-7-11(2,3)8-14-9(15)12(4,5)13-10(14)16/h6-8H2,1-5H3,(H,13,16). The quantitative estimate of drug-likeness (QED) is 0.747. The van der Waals surface area contributed by atoms with Crippen molar-refractivity contribution in [3.63, 3.8) is 0 Å². The van der Waals surface area contributed by atoms with Crippen molar-refractivity contribution < 1.29 is 9.59 Å². The lowest BCUT2D eigenvalue weighted by molar-refractivity contribution is -0.131. The summed E-state index contributed by atoms with van der Waals surface area (Å²) in [6.07, 6.45) is 2.06. The fraction of sp³-hybridized carbons (Fsp3) is 0.833. The first-order valence-corrected chi connectivity index (χ1v) is 5.84. The van der Waals surface area contributed by atoms with Gasteiger partial charge in [-0.3, -0.25) is 9.69 Å². The molecular formula is C12H22N2O2. The Bertz CT molecular complexity index is 308. The molecular weight excluding hydrogens is 204 g/mol. The van der Waals surface area contributed by atoms with Crippen LogP contribution < -0.4 is 5.32 Å². The molecule has 1 aliphatic heterocycles. The van der Waals surface area contributed by atoms with Crippen LogP contribution in [-0.4, -0.2) is 28.9 Å². The van der Waals surface area contributed by atoms with Gasteiger partial charge >= 0.3 is 6.03 Å². The smallest absolute Gasteiger partial charge is 0.324 e. The number of hydrogen-bond acceptors (Lipinski definition) is 2. The summed E-state index contributed by atoms with van der Waals surface area (Å²) in [5, 5.41) is 2.70. The number of rotatable bonds is 4. The van der Waals surface area contributed by atoms with E-state index in [0.29, 0.717) is 6.54 Å². The number of carbonyl (C=O) groups excluding carboxylic acids is 2. The van der Waals surface area contributed by atoms with Gasteiger partial charge in [-0.2, -0.15) is 0 Å². The van der Waals surface area contributed by atoms with Gasteiger partial charge in [0.25, 0.3) is 5.91 Å². The number of nitrogens with zero attached hydrogens (tertiary/aromatic N) is 1. The predicted octanol–water partition coefficient (Wildman–Crippen LogP) is 2.14. The lowest BCUT2D eigenvalue weighted by Crippen LogP contribution is -2.42. The van der Waals surface area contributed by atoms with E-state index in [4.69, 9.17) is 0 Å². The summed E-state index contributed by atoms with van der Waals surface area (Å²) >= 11 is 0. The van der Waals surface area contributed by atoms with Crippen LogP contribution in [0.5, 0.6) is 0 Å². The number of nitrogens with one attached hydrogen (secondary N) is 1. The number of amides is 3. The normalized spacial score (nSPS) is 20.2. The molecule has 1 rings (SSSR count). The van der Waals surface area contributed by atoms with E-state index in [-0.39, 0.29) is 17.4 Å². The van der Waals surface area contributed by atoms with Gasteiger partial charge in [0.15, 0.2) is 0 Å². The molecule has 0 radical (unpaired) electrons. The molecule has 3 amide bonds. The Hall–Kier alpha value is -1.06. The van der Waals surface area contributed by atoms with Crippen LogP contribution in [0.4, 0.5) is 4.79 Å². The second-order valence-electron chi connectivity index (χ2n) is 5.86. The van der Waals surface area contributed by atoms with E-state index in [1.807, 2.05) is 0 Å². The first kappa shape index (κ1) is 13.0. The summed E-state index contributed by atoms with van der Waals surface area (Å²) in [7, 11) is 0. The minimum Gasteiger partial charge on any atom is -0.324 e. The molecule has 1 fully saturated rings. The molecule has 0 aromatic heterocycles. The third-order valence-electron chi connectivity index (χ3n) is 2.96. The average Bonchev–Trinajstić information content (AvgIpc) is 2.28. The predicted molar refractivity (Wildman–Crippen MR) is 63.0 cm³/mol. The fourth-order valence-electron chi connectivity index (χ4n) is 2.15. The zero-order valence-electron chi connectivity index (χ0n) is 10.9. The van der Waals surface area contributed by atoms with Gasteiger partial charge in [0.05, 0.1) is 0 Å². The minimum absolute atomic E-state index is 0.0117. The molecule has 0 aromatic carbocycles. The molecule has 1 heterocycles.